The second kappa shape index (κ2) is 6.89. The Balaban J connectivity index is 0.000000422. The van der Waals surface area contributed by atoms with Crippen molar-refractivity contribution in [2.24, 2.45) is 0 Å². The molecule has 2 rings (SSSR count). The molecule has 0 unspecified atom stereocenters. The van der Waals surface area contributed by atoms with Gasteiger partial charge in [-0.25, -0.2) is 0 Å². The summed E-state index contributed by atoms with van der Waals surface area (Å²) in [6, 6.07) is 7.80. The van der Waals surface area contributed by atoms with Gasteiger partial charge in [-0.2, -0.15) is 18.4 Å². The lowest BCUT2D eigenvalue weighted by Crippen LogP contribution is -2.08. The van der Waals surface area contributed by atoms with E-state index in [-0.39, 0.29) is 11.8 Å². The number of nitrogens with two attached hydrogens (primary N) is 3. The molecule has 120 valence electrons. The van der Waals surface area contributed by atoms with E-state index in [0.717, 1.165) is 5.69 Å². The second-order valence-corrected chi connectivity index (χ2v) is 5.06. The summed E-state index contributed by atoms with van der Waals surface area (Å²) in [5.74, 6) is 0.678. The van der Waals surface area contributed by atoms with Crippen molar-refractivity contribution >= 4 is 39.4 Å². The third kappa shape index (κ3) is 6.21. The van der Waals surface area contributed by atoms with Crippen LogP contribution in [0.2, 0.25) is 0 Å². The molecule has 0 aliphatic rings. The average Bonchev–Trinajstić information content (AvgIpc) is 2.36. The highest BCUT2D eigenvalue weighted by Crippen LogP contribution is 2.25. The number of hydrogen-bond donors (Lipinski definition) is 6. The average molecular weight is 328 g/mol. The fourth-order valence-electron chi connectivity index (χ4n) is 1.37. The normalized spacial score (nSPS) is 10.5. The van der Waals surface area contributed by atoms with Crippen LogP contribution in [0, 0.1) is 6.92 Å². The highest BCUT2D eigenvalue weighted by Gasteiger charge is 2.07. The standard InChI is InChI=1S/C11H14N6.H2O4S/c1-6-2-4-7(5-3-6)15-10-8(12)9(13)16-11(14)17-10;1-5(2,3)4/h2-5H,12H2,1H3,(H5,13,14,15,16,17);(H2,1,2,3,4). The van der Waals surface area contributed by atoms with Crippen molar-refractivity contribution < 1.29 is 17.5 Å². The van der Waals surface area contributed by atoms with Crippen molar-refractivity contribution in [2.75, 3.05) is 22.5 Å². The fraction of sp³-hybridized carbons (Fsp3) is 0.0909. The molecule has 9 N–H and O–H groups in total. The maximum absolute atomic E-state index is 8.74. The minimum Gasteiger partial charge on any atom is -0.393 e. The summed E-state index contributed by atoms with van der Waals surface area (Å²) < 4.78 is 31.6. The van der Waals surface area contributed by atoms with Crippen molar-refractivity contribution in [1.29, 1.82) is 0 Å². The molecule has 0 aliphatic carbocycles. The van der Waals surface area contributed by atoms with Gasteiger partial charge >= 0.3 is 10.4 Å². The first-order valence-corrected chi connectivity index (χ1v) is 7.18. The summed E-state index contributed by atoms with van der Waals surface area (Å²) in [5.41, 5.74) is 19.2. The van der Waals surface area contributed by atoms with Crippen LogP contribution in [0.15, 0.2) is 24.3 Å². The quantitative estimate of drug-likeness (QED) is 0.426. The molecule has 2 aromatic rings. The van der Waals surface area contributed by atoms with Gasteiger partial charge in [0.05, 0.1) is 0 Å². The lowest BCUT2D eigenvalue weighted by Gasteiger charge is -2.10. The smallest absolute Gasteiger partial charge is 0.393 e. The van der Waals surface area contributed by atoms with Crippen LogP contribution in [0.1, 0.15) is 5.56 Å². The molecule has 0 atom stereocenters. The van der Waals surface area contributed by atoms with Gasteiger partial charge in [0.25, 0.3) is 0 Å². The van der Waals surface area contributed by atoms with Crippen LogP contribution in [-0.4, -0.2) is 27.5 Å². The molecule has 1 aromatic heterocycles. The molecule has 0 saturated heterocycles. The van der Waals surface area contributed by atoms with Gasteiger partial charge in [0.1, 0.15) is 5.69 Å². The topological polar surface area (TPSA) is 190 Å². The molecule has 11 heteroatoms. The van der Waals surface area contributed by atoms with Crippen molar-refractivity contribution in [3.8, 4) is 0 Å². The molecule has 10 nitrogen and oxygen atoms in total. The zero-order chi connectivity index (χ0) is 16.9. The number of aryl methyl sites for hydroxylation is 1. The second-order valence-electron chi connectivity index (χ2n) is 4.17. The maximum Gasteiger partial charge on any atom is 0.394 e. The van der Waals surface area contributed by atoms with Crippen LogP contribution in [-0.2, 0) is 10.4 Å². The zero-order valence-corrected chi connectivity index (χ0v) is 12.4. The van der Waals surface area contributed by atoms with Gasteiger partial charge in [-0.05, 0) is 19.1 Å². The monoisotopic (exact) mass is 328 g/mol. The molecule has 0 amide bonds. The van der Waals surface area contributed by atoms with Gasteiger partial charge in [0.2, 0.25) is 5.95 Å². The van der Waals surface area contributed by atoms with Crippen molar-refractivity contribution in [3.05, 3.63) is 29.8 Å². The number of anilines is 5. The minimum absolute atomic E-state index is 0.0892. The number of nitrogen functional groups attached to an aromatic ring is 3. The maximum atomic E-state index is 8.74. The third-order valence-corrected chi connectivity index (χ3v) is 2.31. The Morgan fingerprint density at radius 1 is 1.05 bits per heavy atom. The Labute approximate surface area is 126 Å². The lowest BCUT2D eigenvalue weighted by molar-refractivity contribution is 0.381. The first-order chi connectivity index (χ1) is 10.1. The van der Waals surface area contributed by atoms with Crippen LogP contribution in [0.5, 0.6) is 0 Å². The van der Waals surface area contributed by atoms with Gasteiger partial charge < -0.3 is 22.5 Å². The van der Waals surface area contributed by atoms with E-state index >= 15 is 0 Å². The van der Waals surface area contributed by atoms with E-state index in [9.17, 15) is 0 Å². The highest BCUT2D eigenvalue weighted by atomic mass is 32.3. The van der Waals surface area contributed by atoms with Crippen molar-refractivity contribution in [1.82, 2.24) is 9.97 Å². The number of hydrogen-bond acceptors (Lipinski definition) is 8. The molecule has 1 heterocycles. The minimum atomic E-state index is -4.67. The molecule has 22 heavy (non-hydrogen) atoms. The van der Waals surface area contributed by atoms with Crippen LogP contribution >= 0.6 is 0 Å². The molecule has 0 bridgehead atoms. The molecule has 0 saturated carbocycles. The molecule has 1 aromatic carbocycles. The van der Waals surface area contributed by atoms with E-state index in [1.165, 1.54) is 5.56 Å². The first kappa shape index (κ1) is 17.4. The molecule has 0 radical (unpaired) electrons. The van der Waals surface area contributed by atoms with Crippen molar-refractivity contribution in [2.45, 2.75) is 6.92 Å². The highest BCUT2D eigenvalue weighted by molar-refractivity contribution is 7.79. The fourth-order valence-corrected chi connectivity index (χ4v) is 1.37. The number of benzene rings is 1. The van der Waals surface area contributed by atoms with Gasteiger partial charge in [0.15, 0.2) is 11.6 Å². The predicted molar refractivity (Wildman–Crippen MR) is 83.9 cm³/mol. The summed E-state index contributed by atoms with van der Waals surface area (Å²) in [6.45, 7) is 2.01. The Morgan fingerprint density at radius 2 is 1.55 bits per heavy atom. The lowest BCUT2D eigenvalue weighted by atomic mass is 10.2. The van der Waals surface area contributed by atoms with E-state index in [1.807, 2.05) is 31.2 Å². The van der Waals surface area contributed by atoms with Crippen LogP contribution in [0.4, 0.5) is 29.0 Å². The predicted octanol–water partition coefficient (Wildman–Crippen LogP) is 0.622. The van der Waals surface area contributed by atoms with E-state index in [2.05, 4.69) is 15.3 Å². The number of nitrogens with one attached hydrogen (secondary N) is 1. The Kier molecular flexibility index (Phi) is 5.45. The van der Waals surface area contributed by atoms with Crippen LogP contribution in [0.3, 0.4) is 0 Å². The summed E-state index contributed by atoms with van der Waals surface area (Å²) in [7, 11) is -4.67. The van der Waals surface area contributed by atoms with Crippen molar-refractivity contribution in [3.63, 3.8) is 0 Å². The van der Waals surface area contributed by atoms with E-state index in [1.54, 1.807) is 0 Å². The largest absolute Gasteiger partial charge is 0.394 e. The van der Waals surface area contributed by atoms with E-state index in [4.69, 9.17) is 34.7 Å². The molecule has 0 fully saturated rings. The van der Waals surface area contributed by atoms with E-state index in [0.29, 0.717) is 11.5 Å². The molecular weight excluding hydrogens is 312 g/mol. The Hall–Kier alpha value is -2.63. The number of rotatable bonds is 2. The summed E-state index contributed by atoms with van der Waals surface area (Å²) >= 11 is 0. The zero-order valence-electron chi connectivity index (χ0n) is 11.6. The summed E-state index contributed by atoms with van der Waals surface area (Å²) in [4.78, 5) is 7.77. The summed E-state index contributed by atoms with van der Waals surface area (Å²) in [6.07, 6.45) is 0. The third-order valence-electron chi connectivity index (χ3n) is 2.31. The number of aromatic nitrogens is 2. The van der Waals surface area contributed by atoms with Gasteiger partial charge in [0, 0.05) is 5.69 Å². The Bertz CT molecular complexity index is 740. The molecule has 0 spiro atoms. The molecular formula is C11H16N6O4S. The summed E-state index contributed by atoms with van der Waals surface area (Å²) in [5, 5.41) is 3.04. The Morgan fingerprint density at radius 3 is 2.05 bits per heavy atom. The van der Waals surface area contributed by atoms with Gasteiger partial charge in [-0.1, -0.05) is 17.7 Å². The molecule has 0 aliphatic heterocycles. The number of nitrogens with zero attached hydrogens (tertiary/aromatic N) is 2. The van der Waals surface area contributed by atoms with Crippen LogP contribution < -0.4 is 22.5 Å². The first-order valence-electron chi connectivity index (χ1n) is 5.78. The SMILES string of the molecule is Cc1ccc(Nc2nc(N)nc(N)c2N)cc1.O=S(=O)(O)O. The van der Waals surface area contributed by atoms with E-state index < -0.39 is 10.4 Å². The van der Waals surface area contributed by atoms with Crippen LogP contribution in [0.25, 0.3) is 0 Å². The van der Waals surface area contributed by atoms with Gasteiger partial charge in [-0.3, -0.25) is 9.11 Å². The van der Waals surface area contributed by atoms with Gasteiger partial charge in [-0.15, -0.1) is 0 Å².